The quantitative estimate of drug-likeness (QED) is 0.510. The molecular formula is C22H22N2O4S2. The van der Waals surface area contributed by atoms with Gasteiger partial charge in [-0.05, 0) is 66.2 Å². The lowest BCUT2D eigenvalue weighted by Crippen LogP contribution is -2.44. The molecule has 0 saturated carbocycles. The molecule has 0 spiro atoms. The molecule has 1 aliphatic rings. The fourth-order valence-electron chi connectivity index (χ4n) is 2.55. The second-order valence-electron chi connectivity index (χ2n) is 6.96. The molecule has 0 radical (unpaired) electrons. The van der Waals surface area contributed by atoms with Crippen molar-refractivity contribution in [3.63, 3.8) is 0 Å². The highest BCUT2D eigenvalue weighted by atomic mass is 32.2. The Morgan fingerprint density at radius 1 is 1.13 bits per heavy atom. The lowest BCUT2D eigenvalue weighted by atomic mass is 10.2. The van der Waals surface area contributed by atoms with Gasteiger partial charge in [0.1, 0.15) is 11.5 Å². The Hall–Kier alpha value is -2.84. The van der Waals surface area contributed by atoms with Gasteiger partial charge in [0.25, 0.3) is 11.8 Å². The number of methoxy groups -OCH3 is 1. The number of nitrogens with zero attached hydrogens (tertiary/aromatic N) is 1. The van der Waals surface area contributed by atoms with Crippen LogP contribution in [-0.4, -0.2) is 34.9 Å². The Labute approximate surface area is 185 Å². The van der Waals surface area contributed by atoms with E-state index < -0.39 is 5.91 Å². The number of carbonyl (C=O) groups excluding carboxylic acids is 2. The van der Waals surface area contributed by atoms with E-state index >= 15 is 0 Å². The van der Waals surface area contributed by atoms with E-state index in [9.17, 15) is 9.59 Å². The summed E-state index contributed by atoms with van der Waals surface area (Å²) >= 11 is 6.41. The third-order valence-corrected chi connectivity index (χ3v) is 5.42. The SMILES string of the molecule is COc1ccc(C(=O)NN2C(=O)/C(=C/c3ccc(OCC(C)C)cc3)SC2=S)cc1. The second-order valence-corrected chi connectivity index (χ2v) is 8.64. The molecular weight excluding hydrogens is 420 g/mol. The number of nitrogens with one attached hydrogen (secondary N) is 1. The summed E-state index contributed by atoms with van der Waals surface area (Å²) in [6.07, 6.45) is 1.74. The molecule has 8 heteroatoms. The van der Waals surface area contributed by atoms with Crippen LogP contribution in [0.3, 0.4) is 0 Å². The van der Waals surface area contributed by atoms with E-state index in [0.29, 0.717) is 28.7 Å². The molecule has 1 aliphatic heterocycles. The van der Waals surface area contributed by atoms with Gasteiger partial charge in [-0.1, -0.05) is 37.7 Å². The maximum Gasteiger partial charge on any atom is 0.285 e. The summed E-state index contributed by atoms with van der Waals surface area (Å²) in [4.78, 5) is 25.6. The Bertz CT molecular complexity index is 970. The van der Waals surface area contributed by atoms with Crippen LogP contribution in [0.15, 0.2) is 53.4 Å². The number of hydrazine groups is 1. The predicted molar refractivity (Wildman–Crippen MR) is 122 cm³/mol. The molecule has 0 aromatic heterocycles. The first-order chi connectivity index (χ1) is 14.4. The number of ether oxygens (including phenoxy) is 2. The normalized spacial score (nSPS) is 15.1. The first-order valence-corrected chi connectivity index (χ1v) is 10.6. The number of thioether (sulfide) groups is 1. The minimum atomic E-state index is -0.429. The lowest BCUT2D eigenvalue weighted by molar-refractivity contribution is -0.123. The smallest absolute Gasteiger partial charge is 0.285 e. The molecule has 0 bridgehead atoms. The van der Waals surface area contributed by atoms with Crippen LogP contribution in [0.25, 0.3) is 6.08 Å². The van der Waals surface area contributed by atoms with Crippen molar-refractivity contribution in [3.8, 4) is 11.5 Å². The van der Waals surface area contributed by atoms with Crippen LogP contribution in [0.1, 0.15) is 29.8 Å². The molecule has 30 heavy (non-hydrogen) atoms. The van der Waals surface area contributed by atoms with E-state index in [2.05, 4.69) is 19.3 Å². The van der Waals surface area contributed by atoms with Gasteiger partial charge in [0.05, 0.1) is 18.6 Å². The van der Waals surface area contributed by atoms with E-state index in [1.165, 1.54) is 0 Å². The highest BCUT2D eigenvalue weighted by Gasteiger charge is 2.33. The van der Waals surface area contributed by atoms with Crippen molar-refractivity contribution in [2.75, 3.05) is 13.7 Å². The number of hydrogen-bond acceptors (Lipinski definition) is 6. The van der Waals surface area contributed by atoms with Crippen molar-refractivity contribution in [1.82, 2.24) is 10.4 Å². The summed E-state index contributed by atoms with van der Waals surface area (Å²) in [7, 11) is 1.55. The fraction of sp³-hybridized carbons (Fsp3) is 0.227. The van der Waals surface area contributed by atoms with Crippen molar-refractivity contribution in [2.24, 2.45) is 5.92 Å². The molecule has 1 heterocycles. The van der Waals surface area contributed by atoms with Crippen molar-refractivity contribution in [2.45, 2.75) is 13.8 Å². The van der Waals surface area contributed by atoms with Gasteiger partial charge in [-0.15, -0.1) is 0 Å². The molecule has 1 saturated heterocycles. The van der Waals surface area contributed by atoms with E-state index in [0.717, 1.165) is 28.1 Å². The summed E-state index contributed by atoms with van der Waals surface area (Å²) in [6.45, 7) is 4.82. The molecule has 2 amide bonds. The average Bonchev–Trinajstić information content (AvgIpc) is 3.00. The van der Waals surface area contributed by atoms with Crippen molar-refractivity contribution < 1.29 is 19.1 Å². The number of benzene rings is 2. The highest BCUT2D eigenvalue weighted by Crippen LogP contribution is 2.31. The minimum absolute atomic E-state index is 0.269. The van der Waals surface area contributed by atoms with E-state index in [-0.39, 0.29) is 10.2 Å². The molecule has 2 aromatic carbocycles. The average molecular weight is 443 g/mol. The van der Waals surface area contributed by atoms with Gasteiger partial charge in [-0.25, -0.2) is 0 Å². The molecule has 0 atom stereocenters. The van der Waals surface area contributed by atoms with Gasteiger partial charge in [-0.2, -0.15) is 5.01 Å². The first-order valence-electron chi connectivity index (χ1n) is 9.33. The maximum atomic E-state index is 12.7. The number of carbonyl (C=O) groups is 2. The topological polar surface area (TPSA) is 67.9 Å². The summed E-state index contributed by atoms with van der Waals surface area (Å²) in [6, 6.07) is 14.0. The summed E-state index contributed by atoms with van der Waals surface area (Å²) in [5.41, 5.74) is 3.80. The minimum Gasteiger partial charge on any atom is -0.497 e. The van der Waals surface area contributed by atoms with Crippen LogP contribution in [0.2, 0.25) is 0 Å². The summed E-state index contributed by atoms with van der Waals surface area (Å²) < 4.78 is 11.0. The number of thiocarbonyl (C=S) groups is 1. The molecule has 3 rings (SSSR count). The summed E-state index contributed by atoms with van der Waals surface area (Å²) in [5.74, 6) is 1.06. The molecule has 1 N–H and O–H groups in total. The number of rotatable bonds is 7. The van der Waals surface area contributed by atoms with E-state index in [4.69, 9.17) is 21.7 Å². The third-order valence-electron chi connectivity index (χ3n) is 4.12. The first kappa shape index (κ1) is 21.9. The van der Waals surface area contributed by atoms with Gasteiger partial charge in [0.2, 0.25) is 0 Å². The van der Waals surface area contributed by atoms with Crippen LogP contribution in [0.5, 0.6) is 11.5 Å². The number of amides is 2. The van der Waals surface area contributed by atoms with Crippen LogP contribution in [0.4, 0.5) is 0 Å². The van der Waals surface area contributed by atoms with Crippen LogP contribution in [-0.2, 0) is 4.79 Å². The molecule has 1 fully saturated rings. The van der Waals surface area contributed by atoms with Gasteiger partial charge in [0, 0.05) is 5.56 Å². The van der Waals surface area contributed by atoms with Gasteiger partial charge in [0.15, 0.2) is 4.32 Å². The molecule has 6 nitrogen and oxygen atoms in total. The predicted octanol–water partition coefficient (Wildman–Crippen LogP) is 4.28. The number of hydrogen-bond donors (Lipinski definition) is 1. The van der Waals surface area contributed by atoms with Crippen molar-refractivity contribution in [3.05, 3.63) is 64.6 Å². The zero-order chi connectivity index (χ0) is 21.7. The monoisotopic (exact) mass is 442 g/mol. The van der Waals surface area contributed by atoms with Crippen LogP contribution >= 0.6 is 24.0 Å². The highest BCUT2D eigenvalue weighted by molar-refractivity contribution is 8.26. The Morgan fingerprint density at radius 2 is 1.77 bits per heavy atom. The van der Waals surface area contributed by atoms with E-state index in [1.807, 2.05) is 24.3 Å². The Morgan fingerprint density at radius 3 is 2.37 bits per heavy atom. The fourth-order valence-corrected chi connectivity index (χ4v) is 3.73. The summed E-state index contributed by atoms with van der Waals surface area (Å²) in [5, 5.41) is 1.10. The molecule has 0 aliphatic carbocycles. The Kier molecular flexibility index (Phi) is 7.12. The largest absolute Gasteiger partial charge is 0.497 e. The second kappa shape index (κ2) is 9.77. The van der Waals surface area contributed by atoms with Crippen molar-refractivity contribution in [1.29, 1.82) is 0 Å². The molecule has 156 valence electrons. The van der Waals surface area contributed by atoms with E-state index in [1.54, 1.807) is 37.5 Å². The van der Waals surface area contributed by atoms with Gasteiger partial charge in [-0.3, -0.25) is 15.0 Å². The zero-order valence-corrected chi connectivity index (χ0v) is 18.5. The van der Waals surface area contributed by atoms with Crippen molar-refractivity contribution >= 4 is 46.2 Å². The van der Waals surface area contributed by atoms with Gasteiger partial charge < -0.3 is 9.47 Å². The van der Waals surface area contributed by atoms with Crippen LogP contribution < -0.4 is 14.9 Å². The van der Waals surface area contributed by atoms with Crippen LogP contribution in [0, 0.1) is 5.92 Å². The Balaban J connectivity index is 1.67. The molecule has 0 unspecified atom stereocenters. The zero-order valence-electron chi connectivity index (χ0n) is 16.9. The standard InChI is InChI=1S/C22H22N2O4S2/c1-14(2)13-28-18-8-4-15(5-9-18)12-19-21(26)24(22(29)30-19)23-20(25)16-6-10-17(27-3)11-7-16/h4-12,14H,13H2,1-3H3,(H,23,25)/b19-12-. The maximum absolute atomic E-state index is 12.7. The van der Waals surface area contributed by atoms with Gasteiger partial charge >= 0.3 is 0 Å². The third kappa shape index (κ3) is 5.40. The lowest BCUT2D eigenvalue weighted by Gasteiger charge is -2.15. The molecule has 2 aromatic rings.